The summed E-state index contributed by atoms with van der Waals surface area (Å²) < 4.78 is 0. The van der Waals surface area contributed by atoms with Crippen LogP contribution in [0.15, 0.2) is 48.5 Å². The molecule has 0 fully saturated rings. The Labute approximate surface area is 134 Å². The minimum absolute atomic E-state index is 0.0714. The molecule has 0 radical (unpaired) electrons. The number of benzene rings is 2. The Bertz CT molecular complexity index is 739. The zero-order valence-corrected chi connectivity index (χ0v) is 13.1. The minimum Gasteiger partial charge on any atom is -0.343 e. The van der Waals surface area contributed by atoms with Gasteiger partial charge in [-0.2, -0.15) is 0 Å². The number of carbonyl (C=O) groups is 3. The van der Waals surface area contributed by atoms with Crippen molar-refractivity contribution in [2.45, 2.75) is 13.8 Å². The van der Waals surface area contributed by atoms with Crippen molar-refractivity contribution in [1.29, 1.82) is 0 Å². The van der Waals surface area contributed by atoms with Crippen LogP contribution in [0.5, 0.6) is 0 Å². The Hall–Kier alpha value is -2.95. The normalized spacial score (nSPS) is 10.0. The highest BCUT2D eigenvalue weighted by Crippen LogP contribution is 2.17. The maximum absolute atomic E-state index is 12.0. The summed E-state index contributed by atoms with van der Waals surface area (Å²) in [5.41, 5.74) is 2.43. The summed E-state index contributed by atoms with van der Waals surface area (Å²) in [6, 6.07) is 13.8. The van der Waals surface area contributed by atoms with E-state index in [0.717, 1.165) is 5.56 Å². The van der Waals surface area contributed by atoms with E-state index in [1.54, 1.807) is 42.5 Å². The molecule has 0 spiro atoms. The maximum atomic E-state index is 12.0. The third kappa shape index (κ3) is 4.51. The molecule has 0 bridgehead atoms. The van der Waals surface area contributed by atoms with Gasteiger partial charge in [-0.3, -0.25) is 14.4 Å². The lowest BCUT2D eigenvalue weighted by Gasteiger charge is -2.10. The maximum Gasteiger partial charge on any atom is 0.251 e. The zero-order chi connectivity index (χ0) is 16.8. The second-order valence-corrected chi connectivity index (χ2v) is 5.18. The minimum atomic E-state index is -0.349. The van der Waals surface area contributed by atoms with E-state index >= 15 is 0 Å². The molecule has 0 aliphatic carbocycles. The average molecular weight is 310 g/mol. The van der Waals surface area contributed by atoms with Crippen LogP contribution in [0.3, 0.4) is 0 Å². The van der Waals surface area contributed by atoms with Gasteiger partial charge in [0.1, 0.15) is 0 Å². The largest absolute Gasteiger partial charge is 0.343 e. The number of ketones is 1. The van der Waals surface area contributed by atoms with E-state index in [2.05, 4.69) is 10.6 Å². The number of rotatable bonds is 5. The van der Waals surface area contributed by atoms with Gasteiger partial charge in [0.2, 0.25) is 5.91 Å². The van der Waals surface area contributed by atoms with Crippen LogP contribution in [-0.4, -0.2) is 24.1 Å². The summed E-state index contributed by atoms with van der Waals surface area (Å²) in [6.07, 6.45) is 0. The summed E-state index contributed by atoms with van der Waals surface area (Å²) in [7, 11) is 0. The van der Waals surface area contributed by atoms with Crippen molar-refractivity contribution in [3.05, 3.63) is 65.2 Å². The molecule has 0 saturated carbocycles. The summed E-state index contributed by atoms with van der Waals surface area (Å²) in [5.74, 6) is -0.731. The molecular weight excluding hydrogens is 292 g/mol. The molecule has 2 N–H and O–H groups in total. The van der Waals surface area contributed by atoms with Gasteiger partial charge in [-0.25, -0.2) is 0 Å². The van der Waals surface area contributed by atoms with E-state index in [0.29, 0.717) is 16.8 Å². The fourth-order valence-electron chi connectivity index (χ4n) is 2.02. The van der Waals surface area contributed by atoms with Crippen molar-refractivity contribution in [1.82, 2.24) is 5.32 Å². The standard InChI is InChI=1S/C18H18N2O3/c1-12-8-9-15(13(2)21)10-16(12)20-17(22)11-19-18(23)14-6-4-3-5-7-14/h3-10H,11H2,1-2H3,(H,19,23)(H,20,22). The van der Waals surface area contributed by atoms with Crippen LogP contribution in [-0.2, 0) is 4.79 Å². The first-order valence-electron chi connectivity index (χ1n) is 7.22. The van der Waals surface area contributed by atoms with Gasteiger partial charge in [0, 0.05) is 16.8 Å². The van der Waals surface area contributed by atoms with Crippen LogP contribution in [0.2, 0.25) is 0 Å². The number of nitrogens with one attached hydrogen (secondary N) is 2. The lowest BCUT2D eigenvalue weighted by Crippen LogP contribution is -2.33. The molecule has 0 atom stereocenters. The quantitative estimate of drug-likeness (QED) is 0.833. The molecule has 2 aromatic carbocycles. The number of hydrogen-bond acceptors (Lipinski definition) is 3. The van der Waals surface area contributed by atoms with Gasteiger partial charge in [-0.15, -0.1) is 0 Å². The Kier molecular flexibility index (Phi) is 5.25. The molecule has 0 aliphatic rings. The van der Waals surface area contributed by atoms with Gasteiger partial charge in [0.05, 0.1) is 6.54 Å². The molecule has 0 unspecified atom stereocenters. The van der Waals surface area contributed by atoms with Crippen LogP contribution < -0.4 is 10.6 Å². The van der Waals surface area contributed by atoms with E-state index in [1.165, 1.54) is 6.92 Å². The Morgan fingerprint density at radius 1 is 0.957 bits per heavy atom. The van der Waals surface area contributed by atoms with Crippen molar-refractivity contribution in [3.63, 3.8) is 0 Å². The number of anilines is 1. The topological polar surface area (TPSA) is 75.3 Å². The number of hydrogen-bond donors (Lipinski definition) is 2. The predicted octanol–water partition coefficient (Wildman–Crippen LogP) is 2.57. The molecule has 5 heteroatoms. The van der Waals surface area contributed by atoms with E-state index in [4.69, 9.17) is 0 Å². The molecule has 0 saturated heterocycles. The van der Waals surface area contributed by atoms with Crippen molar-refractivity contribution in [2.24, 2.45) is 0 Å². The molecule has 2 amide bonds. The van der Waals surface area contributed by atoms with Gasteiger partial charge < -0.3 is 10.6 Å². The number of aryl methyl sites for hydroxylation is 1. The second-order valence-electron chi connectivity index (χ2n) is 5.18. The zero-order valence-electron chi connectivity index (χ0n) is 13.1. The van der Waals surface area contributed by atoms with E-state index in [1.807, 2.05) is 13.0 Å². The molecule has 5 nitrogen and oxygen atoms in total. The van der Waals surface area contributed by atoms with Gasteiger partial charge >= 0.3 is 0 Å². The smallest absolute Gasteiger partial charge is 0.251 e. The summed E-state index contributed by atoms with van der Waals surface area (Å²) in [6.45, 7) is 3.16. The van der Waals surface area contributed by atoms with E-state index in [-0.39, 0.29) is 24.1 Å². The van der Waals surface area contributed by atoms with Gasteiger partial charge in [-0.1, -0.05) is 30.3 Å². The monoisotopic (exact) mass is 310 g/mol. The van der Waals surface area contributed by atoms with Gasteiger partial charge in [0.25, 0.3) is 5.91 Å². The lowest BCUT2D eigenvalue weighted by atomic mass is 10.1. The van der Waals surface area contributed by atoms with E-state index in [9.17, 15) is 14.4 Å². The highest BCUT2D eigenvalue weighted by atomic mass is 16.2. The fourth-order valence-corrected chi connectivity index (χ4v) is 2.02. The van der Waals surface area contributed by atoms with Gasteiger partial charge in [0.15, 0.2) is 5.78 Å². The SMILES string of the molecule is CC(=O)c1ccc(C)c(NC(=O)CNC(=O)c2ccccc2)c1. The van der Waals surface area contributed by atoms with Crippen LogP contribution >= 0.6 is 0 Å². The third-order valence-electron chi connectivity index (χ3n) is 3.36. The van der Waals surface area contributed by atoms with Crippen molar-refractivity contribution >= 4 is 23.3 Å². The molecule has 0 heterocycles. The van der Waals surface area contributed by atoms with Crippen LogP contribution in [0.25, 0.3) is 0 Å². The second kappa shape index (κ2) is 7.35. The molecule has 0 aromatic heterocycles. The molecule has 23 heavy (non-hydrogen) atoms. The molecular formula is C18H18N2O3. The van der Waals surface area contributed by atoms with Crippen molar-refractivity contribution in [2.75, 3.05) is 11.9 Å². The van der Waals surface area contributed by atoms with Crippen LogP contribution in [0.4, 0.5) is 5.69 Å². The first-order valence-corrected chi connectivity index (χ1v) is 7.22. The van der Waals surface area contributed by atoms with E-state index < -0.39 is 0 Å². The Balaban J connectivity index is 1.96. The van der Waals surface area contributed by atoms with Gasteiger partial charge in [-0.05, 0) is 37.6 Å². The highest BCUT2D eigenvalue weighted by molar-refractivity contribution is 6.00. The highest BCUT2D eigenvalue weighted by Gasteiger charge is 2.10. The summed E-state index contributed by atoms with van der Waals surface area (Å²) in [4.78, 5) is 35.2. The summed E-state index contributed by atoms with van der Waals surface area (Å²) in [5, 5.41) is 5.26. The summed E-state index contributed by atoms with van der Waals surface area (Å²) >= 11 is 0. The van der Waals surface area contributed by atoms with Crippen molar-refractivity contribution < 1.29 is 14.4 Å². The first kappa shape index (κ1) is 16.4. The van der Waals surface area contributed by atoms with Crippen LogP contribution in [0.1, 0.15) is 33.2 Å². The molecule has 118 valence electrons. The van der Waals surface area contributed by atoms with Crippen LogP contribution in [0, 0.1) is 6.92 Å². The molecule has 2 rings (SSSR count). The number of carbonyl (C=O) groups excluding carboxylic acids is 3. The third-order valence-corrected chi connectivity index (χ3v) is 3.36. The lowest BCUT2D eigenvalue weighted by molar-refractivity contribution is -0.115. The Morgan fingerprint density at radius 3 is 2.30 bits per heavy atom. The van der Waals surface area contributed by atoms with Crippen molar-refractivity contribution in [3.8, 4) is 0 Å². The fraction of sp³-hybridized carbons (Fsp3) is 0.167. The number of amides is 2. The first-order chi connectivity index (χ1) is 11.0. The average Bonchev–Trinajstić information content (AvgIpc) is 2.55. The predicted molar refractivity (Wildman–Crippen MR) is 88.6 cm³/mol. The Morgan fingerprint density at radius 2 is 1.65 bits per heavy atom. The number of Topliss-reactive ketones (excluding diaryl/α,β-unsaturated/α-hetero) is 1. The molecule has 0 aliphatic heterocycles. The molecule has 2 aromatic rings.